The average molecular weight is 292 g/mol. The third-order valence-corrected chi connectivity index (χ3v) is 3.02. The van der Waals surface area contributed by atoms with Crippen LogP contribution in [-0.2, 0) is 4.79 Å². The molecule has 3 N–H and O–H groups in total. The molecule has 0 bridgehead atoms. The van der Waals surface area contributed by atoms with E-state index in [0.29, 0.717) is 30.0 Å². The van der Waals surface area contributed by atoms with Gasteiger partial charge in [-0.1, -0.05) is 20.3 Å². The Labute approximate surface area is 125 Å². The van der Waals surface area contributed by atoms with Crippen molar-refractivity contribution in [2.45, 2.75) is 39.5 Å². The molecule has 5 heteroatoms. The van der Waals surface area contributed by atoms with Crippen LogP contribution in [0.25, 0.3) is 0 Å². The number of nitrogens with two attached hydrogens (primary N) is 1. The summed E-state index contributed by atoms with van der Waals surface area (Å²) in [5.74, 6) is 0.315. The Morgan fingerprint density at radius 2 is 2.00 bits per heavy atom. The van der Waals surface area contributed by atoms with Gasteiger partial charge in [0.05, 0.1) is 5.69 Å². The molecule has 1 rings (SSSR count). The highest BCUT2D eigenvalue weighted by Crippen LogP contribution is 2.23. The molecule has 0 heterocycles. The van der Waals surface area contributed by atoms with Gasteiger partial charge >= 0.3 is 0 Å². The Kier molecular flexibility index (Phi) is 7.29. The number of nitrogen functional groups attached to an aromatic ring is 1. The largest absolute Gasteiger partial charge is 0.482 e. The number of hydrogen-bond donors (Lipinski definition) is 2. The number of unbranched alkanes of at least 4 members (excludes halogenated alkanes) is 1. The van der Waals surface area contributed by atoms with E-state index in [2.05, 4.69) is 12.2 Å². The molecular formula is C16H24N2O3. The number of anilines is 1. The van der Waals surface area contributed by atoms with Crippen LogP contribution in [-0.4, -0.2) is 24.8 Å². The van der Waals surface area contributed by atoms with Crippen molar-refractivity contribution in [1.82, 2.24) is 5.32 Å². The Morgan fingerprint density at radius 1 is 1.24 bits per heavy atom. The number of ether oxygens (including phenoxy) is 1. The fourth-order valence-corrected chi connectivity index (χ4v) is 1.82. The lowest BCUT2D eigenvalue weighted by molar-refractivity contribution is -0.123. The van der Waals surface area contributed by atoms with Crippen LogP contribution in [0.2, 0.25) is 0 Å². The van der Waals surface area contributed by atoms with Crippen molar-refractivity contribution in [3.63, 3.8) is 0 Å². The van der Waals surface area contributed by atoms with E-state index in [0.717, 1.165) is 19.3 Å². The third-order valence-electron chi connectivity index (χ3n) is 3.02. The highest BCUT2D eigenvalue weighted by Gasteiger charge is 2.09. The van der Waals surface area contributed by atoms with E-state index in [-0.39, 0.29) is 18.3 Å². The molecule has 1 aromatic rings. The first-order valence-corrected chi connectivity index (χ1v) is 7.40. The van der Waals surface area contributed by atoms with Gasteiger partial charge in [0, 0.05) is 18.5 Å². The van der Waals surface area contributed by atoms with Crippen LogP contribution in [0.1, 0.15) is 49.9 Å². The average Bonchev–Trinajstić information content (AvgIpc) is 2.46. The summed E-state index contributed by atoms with van der Waals surface area (Å²) >= 11 is 0. The van der Waals surface area contributed by atoms with E-state index in [1.54, 1.807) is 18.2 Å². The van der Waals surface area contributed by atoms with Gasteiger partial charge in [-0.2, -0.15) is 0 Å². The monoisotopic (exact) mass is 292 g/mol. The van der Waals surface area contributed by atoms with Crippen LogP contribution in [0.5, 0.6) is 5.75 Å². The Bertz CT molecular complexity index is 486. The van der Waals surface area contributed by atoms with Crippen molar-refractivity contribution in [3.8, 4) is 5.75 Å². The molecule has 0 aromatic heterocycles. The third kappa shape index (κ3) is 5.85. The van der Waals surface area contributed by atoms with Crippen molar-refractivity contribution >= 4 is 17.4 Å². The summed E-state index contributed by atoms with van der Waals surface area (Å²) in [6.45, 7) is 4.59. The lowest BCUT2D eigenvalue weighted by Crippen LogP contribution is -2.29. The number of carbonyl (C=O) groups excluding carboxylic acids is 2. The molecule has 0 aliphatic rings. The Balaban J connectivity index is 2.53. The van der Waals surface area contributed by atoms with Crippen LogP contribution >= 0.6 is 0 Å². The maximum Gasteiger partial charge on any atom is 0.257 e. The van der Waals surface area contributed by atoms with Gasteiger partial charge < -0.3 is 15.8 Å². The van der Waals surface area contributed by atoms with Gasteiger partial charge in [-0.25, -0.2) is 0 Å². The van der Waals surface area contributed by atoms with Gasteiger partial charge in [-0.05, 0) is 31.0 Å². The van der Waals surface area contributed by atoms with Crippen LogP contribution in [0.4, 0.5) is 5.69 Å². The number of rotatable bonds is 9. The first-order chi connectivity index (χ1) is 10.1. The smallest absolute Gasteiger partial charge is 0.257 e. The molecule has 0 spiro atoms. The molecule has 0 fully saturated rings. The zero-order valence-electron chi connectivity index (χ0n) is 12.8. The molecule has 0 atom stereocenters. The Hall–Kier alpha value is -2.04. The molecule has 5 nitrogen and oxygen atoms in total. The fourth-order valence-electron chi connectivity index (χ4n) is 1.82. The summed E-state index contributed by atoms with van der Waals surface area (Å²) in [4.78, 5) is 23.3. The van der Waals surface area contributed by atoms with Gasteiger partial charge in [0.15, 0.2) is 12.4 Å². The van der Waals surface area contributed by atoms with Crippen molar-refractivity contribution in [2.24, 2.45) is 0 Å². The number of amides is 1. The van der Waals surface area contributed by atoms with Crippen LogP contribution in [0.15, 0.2) is 18.2 Å². The highest BCUT2D eigenvalue weighted by molar-refractivity contribution is 5.97. The minimum absolute atomic E-state index is 0.0630. The molecule has 21 heavy (non-hydrogen) atoms. The molecule has 0 radical (unpaired) electrons. The number of benzene rings is 1. The van der Waals surface area contributed by atoms with Crippen LogP contribution in [0, 0.1) is 0 Å². The zero-order chi connectivity index (χ0) is 15.7. The SMILES string of the molecule is CCCCNC(=O)COc1ccc(C(=O)CCC)cc1N. The van der Waals surface area contributed by atoms with Gasteiger partial charge in [0.2, 0.25) is 0 Å². The summed E-state index contributed by atoms with van der Waals surface area (Å²) < 4.78 is 5.38. The number of hydrogen-bond acceptors (Lipinski definition) is 4. The van der Waals surface area contributed by atoms with Crippen molar-refractivity contribution in [2.75, 3.05) is 18.9 Å². The standard InChI is InChI=1S/C16H24N2O3/c1-3-5-9-18-16(20)11-21-15-8-7-12(10-13(15)17)14(19)6-4-2/h7-8,10H,3-6,9,11,17H2,1-2H3,(H,18,20). The molecule has 116 valence electrons. The van der Waals surface area contributed by atoms with Crippen molar-refractivity contribution in [1.29, 1.82) is 0 Å². The van der Waals surface area contributed by atoms with Crippen molar-refractivity contribution < 1.29 is 14.3 Å². The second kappa shape index (κ2) is 9.00. The maximum atomic E-state index is 11.8. The van der Waals surface area contributed by atoms with Crippen LogP contribution < -0.4 is 15.8 Å². The van der Waals surface area contributed by atoms with Crippen LogP contribution in [0.3, 0.4) is 0 Å². The first-order valence-electron chi connectivity index (χ1n) is 7.40. The number of carbonyl (C=O) groups is 2. The lowest BCUT2D eigenvalue weighted by Gasteiger charge is -2.10. The normalized spacial score (nSPS) is 10.2. The van der Waals surface area contributed by atoms with E-state index in [4.69, 9.17) is 10.5 Å². The number of ketones is 1. The van der Waals surface area contributed by atoms with Gasteiger partial charge in [0.25, 0.3) is 5.91 Å². The molecule has 0 unspecified atom stereocenters. The first kappa shape index (κ1) is 17.0. The van der Waals surface area contributed by atoms with Gasteiger partial charge in [0.1, 0.15) is 5.75 Å². The van der Waals surface area contributed by atoms with Gasteiger partial charge in [-0.3, -0.25) is 9.59 Å². The minimum atomic E-state index is -0.172. The topological polar surface area (TPSA) is 81.4 Å². The maximum absolute atomic E-state index is 11.8. The van der Waals surface area contributed by atoms with E-state index in [9.17, 15) is 9.59 Å². The molecule has 1 aromatic carbocycles. The minimum Gasteiger partial charge on any atom is -0.482 e. The molecule has 0 saturated heterocycles. The predicted molar refractivity (Wildman–Crippen MR) is 83.5 cm³/mol. The molecular weight excluding hydrogens is 268 g/mol. The van der Waals surface area contributed by atoms with E-state index in [1.807, 2.05) is 6.92 Å². The zero-order valence-corrected chi connectivity index (χ0v) is 12.8. The van der Waals surface area contributed by atoms with E-state index < -0.39 is 0 Å². The molecule has 0 aliphatic heterocycles. The van der Waals surface area contributed by atoms with E-state index >= 15 is 0 Å². The summed E-state index contributed by atoms with van der Waals surface area (Å²) in [7, 11) is 0. The predicted octanol–water partition coefficient (Wildman–Crippen LogP) is 2.55. The van der Waals surface area contributed by atoms with E-state index in [1.165, 1.54) is 0 Å². The Morgan fingerprint density at radius 3 is 2.62 bits per heavy atom. The lowest BCUT2D eigenvalue weighted by atomic mass is 10.1. The summed E-state index contributed by atoms with van der Waals surface area (Å²) in [5.41, 5.74) is 6.81. The fraction of sp³-hybridized carbons (Fsp3) is 0.500. The summed E-state index contributed by atoms with van der Waals surface area (Å²) in [6.07, 6.45) is 3.28. The second-order valence-electron chi connectivity index (χ2n) is 4.92. The molecule has 1 amide bonds. The highest BCUT2D eigenvalue weighted by atomic mass is 16.5. The summed E-state index contributed by atoms with van der Waals surface area (Å²) in [6, 6.07) is 4.92. The quantitative estimate of drug-likeness (QED) is 0.416. The number of Topliss-reactive ketones (excluding diaryl/α,β-unsaturated/α-hetero) is 1. The number of nitrogens with one attached hydrogen (secondary N) is 1. The van der Waals surface area contributed by atoms with Gasteiger partial charge in [-0.15, -0.1) is 0 Å². The van der Waals surface area contributed by atoms with Crippen molar-refractivity contribution in [3.05, 3.63) is 23.8 Å². The molecule has 0 saturated carbocycles. The summed E-state index contributed by atoms with van der Waals surface area (Å²) in [5, 5.41) is 2.76. The second-order valence-corrected chi connectivity index (χ2v) is 4.92. The molecule has 0 aliphatic carbocycles.